The molecule has 0 radical (unpaired) electrons. The van der Waals surface area contributed by atoms with E-state index in [9.17, 15) is 13.2 Å². The van der Waals surface area contributed by atoms with Crippen LogP contribution in [0.1, 0.15) is 17.5 Å². The molecule has 0 amide bonds. The maximum atomic E-state index is 12.0. The van der Waals surface area contributed by atoms with Gasteiger partial charge in [0.2, 0.25) is 0 Å². The average Bonchev–Trinajstić information content (AvgIpc) is 2.10. The molecule has 0 aromatic heterocycles. The number of alkyl halides is 4. The molecule has 0 atom stereocenters. The fourth-order valence-electron chi connectivity index (χ4n) is 1.43. The standard InChI is InChI=1S/C11H12BrF3O/c1-8-5-9(3-2-4-12)7-10(6-8)16-11(13,14)15/h5-7H,2-4H2,1H3. The fourth-order valence-corrected chi connectivity index (χ4v) is 1.71. The number of hydrogen-bond donors (Lipinski definition) is 0. The van der Waals surface area contributed by atoms with Gasteiger partial charge in [-0.1, -0.05) is 22.0 Å². The normalized spacial score (nSPS) is 11.6. The lowest BCUT2D eigenvalue weighted by atomic mass is 10.1. The van der Waals surface area contributed by atoms with Crippen LogP contribution >= 0.6 is 15.9 Å². The molecular weight excluding hydrogens is 285 g/mol. The molecule has 0 heterocycles. The molecule has 1 rings (SSSR count). The van der Waals surface area contributed by atoms with E-state index < -0.39 is 6.36 Å². The summed E-state index contributed by atoms with van der Waals surface area (Å²) in [4.78, 5) is 0. The summed E-state index contributed by atoms with van der Waals surface area (Å²) in [7, 11) is 0. The molecule has 0 bridgehead atoms. The second-order valence-electron chi connectivity index (χ2n) is 3.49. The molecule has 1 nitrogen and oxygen atoms in total. The van der Waals surface area contributed by atoms with Crippen molar-refractivity contribution in [2.45, 2.75) is 26.1 Å². The van der Waals surface area contributed by atoms with E-state index in [2.05, 4.69) is 20.7 Å². The van der Waals surface area contributed by atoms with Crippen LogP contribution in [0.3, 0.4) is 0 Å². The van der Waals surface area contributed by atoms with Crippen LogP contribution < -0.4 is 4.74 Å². The lowest BCUT2D eigenvalue weighted by Crippen LogP contribution is -2.17. The third kappa shape index (κ3) is 4.88. The lowest BCUT2D eigenvalue weighted by molar-refractivity contribution is -0.274. The Hall–Kier alpha value is -0.710. The summed E-state index contributed by atoms with van der Waals surface area (Å²) < 4.78 is 40.0. The van der Waals surface area contributed by atoms with Crippen LogP contribution in [0.5, 0.6) is 5.75 Å². The van der Waals surface area contributed by atoms with Crippen molar-refractivity contribution in [3.05, 3.63) is 29.3 Å². The van der Waals surface area contributed by atoms with Crippen LogP contribution in [0.15, 0.2) is 18.2 Å². The van der Waals surface area contributed by atoms with Crippen molar-refractivity contribution in [2.24, 2.45) is 0 Å². The summed E-state index contributed by atoms with van der Waals surface area (Å²) in [5.74, 6) is -0.142. The van der Waals surface area contributed by atoms with Gasteiger partial charge in [0.05, 0.1) is 0 Å². The number of ether oxygens (including phenoxy) is 1. The summed E-state index contributed by atoms with van der Waals surface area (Å²) in [6, 6.07) is 4.68. The van der Waals surface area contributed by atoms with Crippen LogP contribution in [-0.2, 0) is 6.42 Å². The molecule has 0 unspecified atom stereocenters. The molecule has 0 saturated heterocycles. The zero-order chi connectivity index (χ0) is 12.2. The Morgan fingerprint density at radius 3 is 2.50 bits per heavy atom. The SMILES string of the molecule is Cc1cc(CCCBr)cc(OC(F)(F)F)c1. The molecule has 0 aliphatic rings. The van der Waals surface area contributed by atoms with E-state index in [4.69, 9.17) is 0 Å². The molecule has 0 N–H and O–H groups in total. The first-order valence-corrected chi connectivity index (χ1v) is 5.95. The summed E-state index contributed by atoms with van der Waals surface area (Å²) in [5.41, 5.74) is 1.63. The van der Waals surface area contributed by atoms with Gasteiger partial charge in [0.15, 0.2) is 0 Å². The van der Waals surface area contributed by atoms with Crippen LogP contribution in [0.4, 0.5) is 13.2 Å². The first kappa shape index (κ1) is 13.4. The van der Waals surface area contributed by atoms with Gasteiger partial charge >= 0.3 is 6.36 Å². The Morgan fingerprint density at radius 1 is 1.25 bits per heavy atom. The zero-order valence-electron chi connectivity index (χ0n) is 8.77. The van der Waals surface area contributed by atoms with Gasteiger partial charge in [-0.3, -0.25) is 0 Å². The third-order valence-corrected chi connectivity index (χ3v) is 2.50. The van der Waals surface area contributed by atoms with Gasteiger partial charge < -0.3 is 4.74 Å². The van der Waals surface area contributed by atoms with E-state index in [0.29, 0.717) is 0 Å². The monoisotopic (exact) mass is 296 g/mol. The highest BCUT2D eigenvalue weighted by atomic mass is 79.9. The van der Waals surface area contributed by atoms with Crippen molar-refractivity contribution in [1.82, 2.24) is 0 Å². The van der Waals surface area contributed by atoms with Crippen LogP contribution in [0.25, 0.3) is 0 Å². The van der Waals surface area contributed by atoms with Gasteiger partial charge in [0.1, 0.15) is 5.75 Å². The minimum Gasteiger partial charge on any atom is -0.406 e. The Morgan fingerprint density at radius 2 is 1.94 bits per heavy atom. The molecule has 5 heteroatoms. The van der Waals surface area contributed by atoms with Crippen molar-refractivity contribution < 1.29 is 17.9 Å². The number of hydrogen-bond acceptors (Lipinski definition) is 1. The number of halogens is 4. The molecular formula is C11H12BrF3O. The minimum absolute atomic E-state index is 0.142. The average molecular weight is 297 g/mol. The van der Waals surface area contributed by atoms with E-state index >= 15 is 0 Å². The Kier molecular flexibility index (Phi) is 4.65. The van der Waals surface area contributed by atoms with E-state index in [0.717, 1.165) is 29.3 Å². The van der Waals surface area contributed by atoms with Crippen LogP contribution in [0.2, 0.25) is 0 Å². The summed E-state index contributed by atoms with van der Waals surface area (Å²) in [5, 5.41) is 0.830. The Balaban J connectivity index is 2.81. The third-order valence-electron chi connectivity index (χ3n) is 1.94. The fraction of sp³-hybridized carbons (Fsp3) is 0.455. The second kappa shape index (κ2) is 5.57. The van der Waals surface area contributed by atoms with Crippen molar-refractivity contribution >= 4 is 15.9 Å². The smallest absolute Gasteiger partial charge is 0.406 e. The molecule has 0 saturated carbocycles. The van der Waals surface area contributed by atoms with Crippen molar-refractivity contribution in [3.8, 4) is 5.75 Å². The van der Waals surface area contributed by atoms with Gasteiger partial charge in [0, 0.05) is 5.33 Å². The second-order valence-corrected chi connectivity index (χ2v) is 4.29. The summed E-state index contributed by atoms with van der Waals surface area (Å²) in [6.45, 7) is 1.75. The minimum atomic E-state index is -4.62. The van der Waals surface area contributed by atoms with E-state index in [1.54, 1.807) is 6.92 Å². The largest absolute Gasteiger partial charge is 0.573 e. The molecule has 0 spiro atoms. The highest BCUT2D eigenvalue weighted by Crippen LogP contribution is 2.25. The first-order valence-electron chi connectivity index (χ1n) is 4.83. The Bertz CT molecular complexity index is 350. The number of benzene rings is 1. The first-order chi connectivity index (χ1) is 7.40. The van der Waals surface area contributed by atoms with Gasteiger partial charge in [-0.05, 0) is 43.0 Å². The predicted molar refractivity (Wildman–Crippen MR) is 60.0 cm³/mol. The topological polar surface area (TPSA) is 9.23 Å². The van der Waals surface area contributed by atoms with E-state index in [1.165, 1.54) is 12.1 Å². The Labute approximate surface area is 101 Å². The zero-order valence-corrected chi connectivity index (χ0v) is 10.4. The lowest BCUT2D eigenvalue weighted by Gasteiger charge is -2.11. The van der Waals surface area contributed by atoms with Crippen LogP contribution in [-0.4, -0.2) is 11.7 Å². The van der Waals surface area contributed by atoms with Crippen molar-refractivity contribution in [1.29, 1.82) is 0 Å². The van der Waals surface area contributed by atoms with Crippen molar-refractivity contribution in [2.75, 3.05) is 5.33 Å². The quantitative estimate of drug-likeness (QED) is 0.756. The molecule has 90 valence electrons. The number of aryl methyl sites for hydroxylation is 2. The maximum Gasteiger partial charge on any atom is 0.573 e. The molecule has 1 aromatic rings. The molecule has 16 heavy (non-hydrogen) atoms. The van der Waals surface area contributed by atoms with Crippen LogP contribution in [0, 0.1) is 6.92 Å². The number of rotatable bonds is 4. The van der Waals surface area contributed by atoms with E-state index in [1.807, 2.05) is 6.07 Å². The van der Waals surface area contributed by atoms with E-state index in [-0.39, 0.29) is 5.75 Å². The predicted octanol–water partition coefficient (Wildman–Crippen LogP) is 4.22. The summed E-state index contributed by atoms with van der Waals surface area (Å²) in [6.07, 6.45) is -3.00. The molecule has 0 fully saturated rings. The highest BCUT2D eigenvalue weighted by molar-refractivity contribution is 9.09. The molecule has 0 aliphatic carbocycles. The van der Waals surface area contributed by atoms with Gasteiger partial charge in [0.25, 0.3) is 0 Å². The van der Waals surface area contributed by atoms with Gasteiger partial charge in [-0.25, -0.2) is 0 Å². The highest BCUT2D eigenvalue weighted by Gasteiger charge is 2.31. The maximum absolute atomic E-state index is 12.0. The molecule has 0 aliphatic heterocycles. The summed E-state index contributed by atoms with van der Waals surface area (Å²) >= 11 is 3.28. The van der Waals surface area contributed by atoms with Crippen molar-refractivity contribution in [3.63, 3.8) is 0 Å². The van der Waals surface area contributed by atoms with Gasteiger partial charge in [-0.2, -0.15) is 0 Å². The van der Waals surface area contributed by atoms with Gasteiger partial charge in [-0.15, -0.1) is 13.2 Å². The molecule has 1 aromatic carbocycles.